The predicted octanol–water partition coefficient (Wildman–Crippen LogP) is 1.05. The van der Waals surface area contributed by atoms with Crippen molar-refractivity contribution >= 4 is 39.3 Å². The second-order valence-electron chi connectivity index (χ2n) is 7.92. The Hall–Kier alpha value is -1.97. The summed E-state index contributed by atoms with van der Waals surface area (Å²) in [5.41, 5.74) is 1.68. The van der Waals surface area contributed by atoms with Crippen molar-refractivity contribution in [1.29, 1.82) is 0 Å². The number of anilines is 1. The highest BCUT2D eigenvalue weighted by Gasteiger charge is 2.24. The van der Waals surface area contributed by atoms with Gasteiger partial charge in [0, 0.05) is 49.4 Å². The van der Waals surface area contributed by atoms with Crippen LogP contribution >= 0.6 is 15.9 Å². The van der Waals surface area contributed by atoms with Crippen LogP contribution in [0.5, 0.6) is 0 Å². The number of carbonyl (C=O) groups excluding carboxylic acids is 3. The topological polar surface area (TPSA) is 85.0 Å². The minimum absolute atomic E-state index is 0.0569. The van der Waals surface area contributed by atoms with Crippen molar-refractivity contribution in [1.82, 2.24) is 20.0 Å². The highest BCUT2D eigenvalue weighted by molar-refractivity contribution is 9.10. The Labute approximate surface area is 186 Å². The van der Waals surface area contributed by atoms with E-state index >= 15 is 0 Å². The third-order valence-electron chi connectivity index (χ3n) is 5.56. The summed E-state index contributed by atoms with van der Waals surface area (Å²) in [7, 11) is 0. The Morgan fingerprint density at radius 3 is 2.20 bits per heavy atom. The van der Waals surface area contributed by atoms with E-state index < -0.39 is 0 Å². The van der Waals surface area contributed by atoms with Crippen molar-refractivity contribution < 1.29 is 14.4 Å². The lowest BCUT2D eigenvalue weighted by Crippen LogP contribution is -2.52. The first-order valence-corrected chi connectivity index (χ1v) is 11.3. The molecule has 9 heteroatoms. The summed E-state index contributed by atoms with van der Waals surface area (Å²) in [6.07, 6.45) is 2.21. The number of piperazine rings is 1. The standard InChI is InChI=1S/C21H30BrN5O3/c1-16-12-17(22)4-5-18(16)24-19(28)13-23-20(29)14-25-8-10-26(11-9-25)15-21(30)27-6-2-3-7-27/h4-5,12H,2-3,6-11,13-15H2,1H3,(H,23,29)(H,24,28). The van der Waals surface area contributed by atoms with Gasteiger partial charge in [0.15, 0.2) is 0 Å². The van der Waals surface area contributed by atoms with Crippen molar-refractivity contribution in [3.8, 4) is 0 Å². The van der Waals surface area contributed by atoms with E-state index in [0.717, 1.165) is 67.8 Å². The summed E-state index contributed by atoms with van der Waals surface area (Å²) in [6.45, 7) is 7.38. The highest BCUT2D eigenvalue weighted by atomic mass is 79.9. The Morgan fingerprint density at radius 2 is 1.57 bits per heavy atom. The lowest BCUT2D eigenvalue weighted by molar-refractivity contribution is -0.132. The van der Waals surface area contributed by atoms with E-state index in [1.165, 1.54) is 0 Å². The van der Waals surface area contributed by atoms with Crippen molar-refractivity contribution in [2.24, 2.45) is 0 Å². The predicted molar refractivity (Wildman–Crippen MR) is 119 cm³/mol. The Kier molecular flexibility index (Phi) is 8.24. The molecule has 2 aliphatic rings. The van der Waals surface area contributed by atoms with Gasteiger partial charge in [0.25, 0.3) is 0 Å². The van der Waals surface area contributed by atoms with Crippen molar-refractivity contribution in [2.75, 3.05) is 64.2 Å². The first-order chi connectivity index (χ1) is 14.4. The van der Waals surface area contributed by atoms with Crippen LogP contribution < -0.4 is 10.6 Å². The van der Waals surface area contributed by atoms with E-state index in [4.69, 9.17) is 0 Å². The van der Waals surface area contributed by atoms with E-state index in [1.807, 2.05) is 30.0 Å². The minimum atomic E-state index is -0.251. The molecule has 1 aromatic rings. The molecule has 0 bridgehead atoms. The number of likely N-dealkylation sites (tertiary alicyclic amines) is 1. The van der Waals surface area contributed by atoms with Gasteiger partial charge in [-0.05, 0) is 43.5 Å². The van der Waals surface area contributed by atoms with E-state index in [-0.39, 0.29) is 30.8 Å². The molecule has 8 nitrogen and oxygen atoms in total. The van der Waals surface area contributed by atoms with Gasteiger partial charge in [0.2, 0.25) is 17.7 Å². The van der Waals surface area contributed by atoms with Crippen LogP contribution in [-0.4, -0.2) is 91.3 Å². The number of carbonyl (C=O) groups is 3. The van der Waals surface area contributed by atoms with Crippen molar-refractivity contribution in [3.05, 3.63) is 28.2 Å². The number of benzene rings is 1. The smallest absolute Gasteiger partial charge is 0.243 e. The molecule has 2 heterocycles. The summed E-state index contributed by atoms with van der Waals surface area (Å²) in [5.74, 6) is -0.205. The van der Waals surface area contributed by atoms with Gasteiger partial charge in [-0.2, -0.15) is 0 Å². The van der Waals surface area contributed by atoms with Gasteiger partial charge < -0.3 is 15.5 Å². The van der Waals surface area contributed by atoms with Crippen LogP contribution in [0.1, 0.15) is 18.4 Å². The molecule has 3 rings (SSSR count). The van der Waals surface area contributed by atoms with E-state index in [1.54, 1.807) is 0 Å². The summed E-state index contributed by atoms with van der Waals surface area (Å²) in [5, 5.41) is 5.50. The molecule has 0 aliphatic carbocycles. The van der Waals surface area contributed by atoms with Gasteiger partial charge in [-0.1, -0.05) is 15.9 Å². The zero-order chi connectivity index (χ0) is 21.5. The maximum absolute atomic E-state index is 12.3. The van der Waals surface area contributed by atoms with Crippen LogP contribution in [0.15, 0.2) is 22.7 Å². The van der Waals surface area contributed by atoms with Crippen LogP contribution in [0.3, 0.4) is 0 Å². The Bertz CT molecular complexity index is 774. The van der Waals surface area contributed by atoms with E-state index in [0.29, 0.717) is 6.54 Å². The monoisotopic (exact) mass is 479 g/mol. The third-order valence-corrected chi connectivity index (χ3v) is 6.05. The fourth-order valence-corrected chi connectivity index (χ4v) is 4.24. The molecular weight excluding hydrogens is 450 g/mol. The average Bonchev–Trinajstić information content (AvgIpc) is 3.25. The van der Waals surface area contributed by atoms with Crippen LogP contribution in [0.2, 0.25) is 0 Å². The molecule has 0 atom stereocenters. The van der Waals surface area contributed by atoms with Gasteiger partial charge in [0.1, 0.15) is 0 Å². The molecule has 0 aromatic heterocycles. The molecule has 2 saturated heterocycles. The molecular formula is C21H30BrN5O3. The number of rotatable bonds is 7. The fraction of sp³-hybridized carbons (Fsp3) is 0.571. The Balaban J connectivity index is 1.32. The molecule has 2 fully saturated rings. The molecule has 30 heavy (non-hydrogen) atoms. The van der Waals surface area contributed by atoms with Crippen LogP contribution in [0.4, 0.5) is 5.69 Å². The normalized spacial score (nSPS) is 17.7. The number of nitrogens with one attached hydrogen (secondary N) is 2. The second kappa shape index (κ2) is 10.9. The molecule has 2 aliphatic heterocycles. The molecule has 3 amide bonds. The molecule has 0 spiro atoms. The van der Waals surface area contributed by atoms with Gasteiger partial charge in [0.05, 0.1) is 19.6 Å². The molecule has 0 radical (unpaired) electrons. The van der Waals surface area contributed by atoms with E-state index in [9.17, 15) is 14.4 Å². The van der Waals surface area contributed by atoms with Crippen LogP contribution in [-0.2, 0) is 14.4 Å². The SMILES string of the molecule is Cc1cc(Br)ccc1NC(=O)CNC(=O)CN1CCN(CC(=O)N2CCCC2)CC1. The summed E-state index contributed by atoms with van der Waals surface area (Å²) in [6, 6.07) is 5.61. The van der Waals surface area contributed by atoms with Crippen molar-refractivity contribution in [3.63, 3.8) is 0 Å². The summed E-state index contributed by atoms with van der Waals surface area (Å²) < 4.78 is 0.951. The lowest BCUT2D eigenvalue weighted by Gasteiger charge is -2.34. The molecule has 164 valence electrons. The maximum Gasteiger partial charge on any atom is 0.243 e. The quantitative estimate of drug-likeness (QED) is 0.610. The zero-order valence-electron chi connectivity index (χ0n) is 17.5. The largest absolute Gasteiger partial charge is 0.346 e. The maximum atomic E-state index is 12.3. The third kappa shape index (κ3) is 6.78. The summed E-state index contributed by atoms with van der Waals surface area (Å²) >= 11 is 3.39. The number of hydrogen-bond donors (Lipinski definition) is 2. The van der Waals surface area contributed by atoms with Gasteiger partial charge in [-0.25, -0.2) is 0 Å². The van der Waals surface area contributed by atoms with Gasteiger partial charge in [-0.15, -0.1) is 0 Å². The number of hydrogen-bond acceptors (Lipinski definition) is 5. The van der Waals surface area contributed by atoms with Gasteiger partial charge in [-0.3, -0.25) is 24.2 Å². The molecule has 0 unspecified atom stereocenters. The average molecular weight is 480 g/mol. The molecule has 1 aromatic carbocycles. The first-order valence-electron chi connectivity index (χ1n) is 10.5. The van der Waals surface area contributed by atoms with E-state index in [2.05, 4.69) is 36.4 Å². The highest BCUT2D eigenvalue weighted by Crippen LogP contribution is 2.19. The summed E-state index contributed by atoms with van der Waals surface area (Å²) in [4.78, 5) is 42.7. The Morgan fingerprint density at radius 1 is 0.933 bits per heavy atom. The number of nitrogens with zero attached hydrogens (tertiary/aromatic N) is 3. The van der Waals surface area contributed by atoms with Crippen LogP contribution in [0.25, 0.3) is 0 Å². The van der Waals surface area contributed by atoms with Crippen LogP contribution in [0, 0.1) is 6.92 Å². The number of halogens is 1. The first kappa shape index (κ1) is 22.7. The van der Waals surface area contributed by atoms with Crippen molar-refractivity contribution in [2.45, 2.75) is 19.8 Å². The minimum Gasteiger partial charge on any atom is -0.346 e. The lowest BCUT2D eigenvalue weighted by atomic mass is 10.2. The fourth-order valence-electron chi connectivity index (χ4n) is 3.76. The molecule has 2 N–H and O–H groups in total. The second-order valence-corrected chi connectivity index (χ2v) is 8.84. The number of aryl methyl sites for hydroxylation is 1. The molecule has 0 saturated carbocycles. The zero-order valence-corrected chi connectivity index (χ0v) is 19.0. The number of amides is 3. The van der Waals surface area contributed by atoms with Gasteiger partial charge >= 0.3 is 0 Å².